The van der Waals surface area contributed by atoms with Crippen molar-refractivity contribution in [3.8, 4) is 11.5 Å². The van der Waals surface area contributed by atoms with Crippen LogP contribution < -0.4 is 15.1 Å². The van der Waals surface area contributed by atoms with Gasteiger partial charge in [0.15, 0.2) is 4.34 Å². The standard InChI is InChI=1S/C13H13BFN3O5S2/c1-5(15)22-7-3-2-6-4-8(24-13-18-17-12(16)25-13)14(21)23-10(6)9(7)11(19)20/h2-3,5,8,21H,4H2,1H3,(H2,16,17)(H,19,20)/t5?,8-/m0/s1. The highest BCUT2D eigenvalue weighted by molar-refractivity contribution is 8.02. The highest BCUT2D eigenvalue weighted by atomic mass is 32.2. The molecule has 4 N–H and O–H groups in total. The van der Waals surface area contributed by atoms with Crippen LogP contribution in [-0.2, 0) is 6.42 Å². The van der Waals surface area contributed by atoms with E-state index in [4.69, 9.17) is 15.1 Å². The lowest BCUT2D eigenvalue weighted by Gasteiger charge is -2.28. The molecule has 1 aliphatic heterocycles. The van der Waals surface area contributed by atoms with Gasteiger partial charge in [-0.15, -0.1) is 10.2 Å². The fraction of sp³-hybridized carbons (Fsp3) is 0.308. The summed E-state index contributed by atoms with van der Waals surface area (Å²) in [6.07, 6.45) is -1.36. The molecule has 132 valence electrons. The molecule has 0 fully saturated rings. The lowest BCUT2D eigenvalue weighted by Crippen LogP contribution is -2.40. The van der Waals surface area contributed by atoms with Gasteiger partial charge in [0.05, 0.1) is 5.15 Å². The number of halogens is 1. The third kappa shape index (κ3) is 3.80. The molecule has 0 spiro atoms. The van der Waals surface area contributed by atoms with Gasteiger partial charge in [-0.25, -0.2) is 9.18 Å². The van der Waals surface area contributed by atoms with Gasteiger partial charge < -0.3 is 25.3 Å². The predicted molar refractivity (Wildman–Crippen MR) is 90.9 cm³/mol. The van der Waals surface area contributed by atoms with Crippen molar-refractivity contribution in [1.82, 2.24) is 10.2 Å². The molecule has 1 aromatic carbocycles. The van der Waals surface area contributed by atoms with E-state index < -0.39 is 24.6 Å². The Hall–Kier alpha value is -2.05. The van der Waals surface area contributed by atoms with E-state index in [1.807, 2.05) is 0 Å². The molecular weight excluding hydrogens is 372 g/mol. The van der Waals surface area contributed by atoms with Gasteiger partial charge in [-0.1, -0.05) is 29.2 Å². The zero-order valence-corrected chi connectivity index (χ0v) is 14.5. The number of anilines is 1. The second-order valence-electron chi connectivity index (χ2n) is 5.17. The number of carboxylic acids is 1. The summed E-state index contributed by atoms with van der Waals surface area (Å²) >= 11 is 2.42. The third-order valence-corrected chi connectivity index (χ3v) is 5.43. The Morgan fingerprint density at radius 2 is 2.36 bits per heavy atom. The number of ether oxygens (including phenoxy) is 1. The third-order valence-electron chi connectivity index (χ3n) is 3.36. The Balaban J connectivity index is 1.90. The number of alkyl halides is 1. The van der Waals surface area contributed by atoms with E-state index in [-0.39, 0.29) is 17.1 Å². The van der Waals surface area contributed by atoms with E-state index in [1.54, 1.807) is 6.07 Å². The number of rotatable bonds is 5. The van der Waals surface area contributed by atoms with E-state index in [9.17, 15) is 19.3 Å². The number of carbonyl (C=O) groups is 1. The number of fused-ring (bicyclic) bond motifs is 1. The molecule has 0 saturated carbocycles. The minimum absolute atomic E-state index is 0.0215. The van der Waals surface area contributed by atoms with Crippen LogP contribution in [0.25, 0.3) is 0 Å². The molecule has 1 unspecified atom stereocenters. The second kappa shape index (κ2) is 7.06. The van der Waals surface area contributed by atoms with Gasteiger partial charge in [0.25, 0.3) is 0 Å². The Labute approximate surface area is 150 Å². The van der Waals surface area contributed by atoms with Crippen LogP contribution in [0.1, 0.15) is 22.8 Å². The van der Waals surface area contributed by atoms with Crippen molar-refractivity contribution in [2.75, 3.05) is 5.73 Å². The summed E-state index contributed by atoms with van der Waals surface area (Å²) in [7, 11) is -1.28. The first-order valence-corrected chi connectivity index (χ1v) is 8.85. The number of benzene rings is 1. The minimum atomic E-state index is -1.68. The lowest BCUT2D eigenvalue weighted by molar-refractivity contribution is 0.0653. The number of nitrogen functional groups attached to an aromatic ring is 1. The van der Waals surface area contributed by atoms with Gasteiger partial charge in [-0.2, -0.15) is 0 Å². The van der Waals surface area contributed by atoms with Crippen LogP contribution in [0.4, 0.5) is 9.52 Å². The van der Waals surface area contributed by atoms with Crippen molar-refractivity contribution >= 4 is 41.3 Å². The first kappa shape index (κ1) is 17.8. The van der Waals surface area contributed by atoms with Crippen LogP contribution in [-0.4, -0.2) is 44.9 Å². The van der Waals surface area contributed by atoms with Gasteiger partial charge >= 0.3 is 13.1 Å². The number of thioether (sulfide) groups is 1. The van der Waals surface area contributed by atoms with Crippen LogP contribution in [0.15, 0.2) is 16.5 Å². The van der Waals surface area contributed by atoms with Crippen LogP contribution in [0.3, 0.4) is 0 Å². The van der Waals surface area contributed by atoms with Crippen molar-refractivity contribution in [3.63, 3.8) is 0 Å². The summed E-state index contributed by atoms with van der Waals surface area (Å²) < 4.78 is 24.0. The van der Waals surface area contributed by atoms with Crippen LogP contribution in [0.2, 0.25) is 0 Å². The van der Waals surface area contributed by atoms with Crippen LogP contribution >= 0.6 is 23.1 Å². The Morgan fingerprint density at radius 3 is 2.96 bits per heavy atom. The monoisotopic (exact) mass is 385 g/mol. The normalized spacial score (nSPS) is 17.6. The Kier molecular flexibility index (Phi) is 5.02. The van der Waals surface area contributed by atoms with Gasteiger partial charge in [0.1, 0.15) is 17.1 Å². The molecular formula is C13H13BFN3O5S2. The van der Waals surface area contributed by atoms with Crippen molar-refractivity contribution in [3.05, 3.63) is 23.3 Å². The van der Waals surface area contributed by atoms with Gasteiger partial charge in [-0.3, -0.25) is 0 Å². The molecule has 2 heterocycles. The zero-order chi connectivity index (χ0) is 18.1. The van der Waals surface area contributed by atoms with E-state index in [0.29, 0.717) is 21.5 Å². The molecule has 0 radical (unpaired) electrons. The number of carboxylic acid groups (broad SMARTS) is 1. The van der Waals surface area contributed by atoms with Gasteiger partial charge in [-0.05, 0) is 18.1 Å². The second-order valence-corrected chi connectivity index (χ2v) is 7.66. The maximum absolute atomic E-state index is 13.1. The summed E-state index contributed by atoms with van der Waals surface area (Å²) in [5.74, 6) is -1.51. The largest absolute Gasteiger partial charge is 0.537 e. The Morgan fingerprint density at radius 1 is 1.60 bits per heavy atom. The molecule has 1 aliphatic rings. The maximum Gasteiger partial charge on any atom is 0.537 e. The zero-order valence-electron chi connectivity index (χ0n) is 12.9. The summed E-state index contributed by atoms with van der Waals surface area (Å²) in [6, 6.07) is 2.97. The number of aromatic nitrogens is 2. The number of hydrogen-bond donors (Lipinski definition) is 3. The number of nitrogens with two attached hydrogens (primary N) is 1. The van der Waals surface area contributed by atoms with Crippen molar-refractivity contribution in [1.29, 1.82) is 0 Å². The molecule has 0 bridgehead atoms. The van der Waals surface area contributed by atoms with Gasteiger partial charge in [0, 0.05) is 6.92 Å². The molecule has 0 amide bonds. The first-order valence-electron chi connectivity index (χ1n) is 7.15. The van der Waals surface area contributed by atoms with E-state index in [0.717, 1.165) is 6.92 Å². The average Bonchev–Trinajstić information content (AvgIpc) is 2.92. The molecule has 0 aliphatic carbocycles. The Bertz CT molecular complexity index is 806. The quantitative estimate of drug-likeness (QED) is 0.658. The summed E-state index contributed by atoms with van der Waals surface area (Å²) in [5.41, 5.74) is 5.78. The molecule has 2 aromatic rings. The molecule has 8 nitrogen and oxygen atoms in total. The topological polar surface area (TPSA) is 128 Å². The summed E-state index contributed by atoms with van der Waals surface area (Å²) in [5, 5.41) is 27.1. The van der Waals surface area contributed by atoms with E-state index in [2.05, 4.69) is 10.2 Å². The average molecular weight is 385 g/mol. The smallest absolute Gasteiger partial charge is 0.534 e. The highest BCUT2D eigenvalue weighted by Crippen LogP contribution is 2.40. The fourth-order valence-corrected chi connectivity index (χ4v) is 4.33. The maximum atomic E-state index is 13.1. The molecule has 12 heteroatoms. The minimum Gasteiger partial charge on any atom is -0.534 e. The van der Waals surface area contributed by atoms with Crippen molar-refractivity contribution < 1.29 is 28.7 Å². The number of aromatic carboxylic acids is 1. The molecule has 25 heavy (non-hydrogen) atoms. The molecule has 1 aromatic heterocycles. The lowest BCUT2D eigenvalue weighted by atomic mass is 9.77. The van der Waals surface area contributed by atoms with Crippen LogP contribution in [0.5, 0.6) is 11.5 Å². The first-order chi connectivity index (χ1) is 11.8. The summed E-state index contributed by atoms with van der Waals surface area (Å²) in [4.78, 5) is 11.6. The van der Waals surface area contributed by atoms with Crippen molar-refractivity contribution in [2.24, 2.45) is 0 Å². The van der Waals surface area contributed by atoms with Crippen LogP contribution in [0, 0.1) is 0 Å². The molecule has 3 rings (SSSR count). The number of nitrogens with zero attached hydrogens (tertiary/aromatic N) is 2. The molecule has 0 saturated heterocycles. The van der Waals surface area contributed by atoms with E-state index in [1.165, 1.54) is 29.2 Å². The summed E-state index contributed by atoms with van der Waals surface area (Å²) in [6.45, 7) is 1.14. The SMILES string of the molecule is CC(F)Oc1ccc2c(c1C(=O)O)OB(O)[C@@H](Sc1nnc(N)s1)C2. The predicted octanol–water partition coefficient (Wildman–Crippen LogP) is 1.63. The van der Waals surface area contributed by atoms with E-state index >= 15 is 0 Å². The van der Waals surface area contributed by atoms with Gasteiger partial charge in [0.2, 0.25) is 11.5 Å². The fourth-order valence-electron chi connectivity index (χ4n) is 2.39. The highest BCUT2D eigenvalue weighted by Gasteiger charge is 2.39. The van der Waals surface area contributed by atoms with Crippen molar-refractivity contribution in [2.45, 2.75) is 29.2 Å². The molecule has 2 atom stereocenters. The number of hydrogen-bond acceptors (Lipinski definition) is 9.